The van der Waals surface area contributed by atoms with E-state index in [1.54, 1.807) is 23.5 Å². The quantitative estimate of drug-likeness (QED) is 0.912. The van der Waals surface area contributed by atoms with Crippen molar-refractivity contribution >= 4 is 17.3 Å². The van der Waals surface area contributed by atoms with Crippen LogP contribution in [-0.2, 0) is 6.54 Å². The summed E-state index contributed by atoms with van der Waals surface area (Å²) in [5.74, 6) is -1.89. The van der Waals surface area contributed by atoms with E-state index in [0.717, 1.165) is 0 Å². The second-order valence-electron chi connectivity index (χ2n) is 4.69. The third-order valence-electron chi connectivity index (χ3n) is 3.34. The van der Waals surface area contributed by atoms with E-state index < -0.39 is 11.8 Å². The van der Waals surface area contributed by atoms with Gasteiger partial charge < -0.3 is 5.11 Å². The first-order valence-electron chi connectivity index (χ1n) is 6.25. The first-order valence-corrected chi connectivity index (χ1v) is 7.13. The van der Waals surface area contributed by atoms with Gasteiger partial charge in [-0.05, 0) is 31.5 Å². The number of carbonyl (C=O) groups is 1. The molecule has 0 bridgehead atoms. The van der Waals surface area contributed by atoms with E-state index in [0.29, 0.717) is 12.1 Å². The number of hydrogen-bond donors (Lipinski definition) is 1. The van der Waals surface area contributed by atoms with Gasteiger partial charge in [-0.3, -0.25) is 4.90 Å². The number of thiophene rings is 1. The van der Waals surface area contributed by atoms with Gasteiger partial charge in [0.25, 0.3) is 0 Å². The van der Waals surface area contributed by atoms with Crippen LogP contribution in [0.4, 0.5) is 4.39 Å². The van der Waals surface area contributed by atoms with E-state index in [1.807, 2.05) is 36.4 Å². The Morgan fingerprint density at radius 3 is 2.75 bits per heavy atom. The van der Waals surface area contributed by atoms with Gasteiger partial charge in [0.05, 0.1) is 5.56 Å². The summed E-state index contributed by atoms with van der Waals surface area (Å²) in [6.07, 6.45) is 0. The average molecular weight is 293 g/mol. The Balaban J connectivity index is 2.18. The van der Waals surface area contributed by atoms with Crippen molar-refractivity contribution in [1.82, 2.24) is 4.90 Å². The van der Waals surface area contributed by atoms with Crippen molar-refractivity contribution in [3.05, 3.63) is 57.5 Å². The predicted octanol–water partition coefficient (Wildman–Crippen LogP) is 3.78. The van der Waals surface area contributed by atoms with Crippen molar-refractivity contribution < 1.29 is 14.3 Å². The fourth-order valence-corrected chi connectivity index (χ4v) is 2.87. The van der Waals surface area contributed by atoms with Crippen molar-refractivity contribution in [3.8, 4) is 0 Å². The molecule has 0 amide bonds. The first-order chi connectivity index (χ1) is 9.50. The highest BCUT2D eigenvalue weighted by atomic mass is 32.1. The summed E-state index contributed by atoms with van der Waals surface area (Å²) in [5, 5.41) is 10.9. The third-order valence-corrected chi connectivity index (χ3v) is 4.39. The number of benzene rings is 1. The highest BCUT2D eigenvalue weighted by Crippen LogP contribution is 2.25. The van der Waals surface area contributed by atoms with Gasteiger partial charge in [0.1, 0.15) is 5.82 Å². The molecule has 1 heterocycles. The number of hydrogen-bond acceptors (Lipinski definition) is 3. The normalized spacial score (nSPS) is 12.6. The smallest absolute Gasteiger partial charge is 0.338 e. The number of halogens is 1. The van der Waals surface area contributed by atoms with Crippen molar-refractivity contribution in [3.63, 3.8) is 0 Å². The zero-order valence-corrected chi connectivity index (χ0v) is 12.2. The molecule has 0 fully saturated rings. The highest BCUT2D eigenvalue weighted by Gasteiger charge is 2.18. The minimum absolute atomic E-state index is 0.155. The van der Waals surface area contributed by atoms with E-state index in [4.69, 9.17) is 5.11 Å². The predicted molar refractivity (Wildman–Crippen MR) is 77.6 cm³/mol. The van der Waals surface area contributed by atoms with E-state index >= 15 is 0 Å². The van der Waals surface area contributed by atoms with Gasteiger partial charge in [-0.2, -0.15) is 0 Å². The zero-order chi connectivity index (χ0) is 14.7. The van der Waals surface area contributed by atoms with Gasteiger partial charge in [0, 0.05) is 23.0 Å². The number of nitrogens with zero attached hydrogens (tertiary/aromatic N) is 1. The molecule has 1 N–H and O–H groups in total. The van der Waals surface area contributed by atoms with Crippen molar-refractivity contribution in [1.29, 1.82) is 0 Å². The molecule has 0 radical (unpaired) electrons. The van der Waals surface area contributed by atoms with Crippen molar-refractivity contribution in [2.45, 2.75) is 19.5 Å². The molecule has 0 aliphatic carbocycles. The van der Waals surface area contributed by atoms with Crippen LogP contribution in [0.5, 0.6) is 0 Å². The lowest BCUT2D eigenvalue weighted by Crippen LogP contribution is -2.22. The topological polar surface area (TPSA) is 40.5 Å². The Morgan fingerprint density at radius 1 is 1.40 bits per heavy atom. The summed E-state index contributed by atoms with van der Waals surface area (Å²) in [4.78, 5) is 14.1. The summed E-state index contributed by atoms with van der Waals surface area (Å²) in [7, 11) is 1.90. The Kier molecular flexibility index (Phi) is 4.52. The van der Waals surface area contributed by atoms with E-state index in [1.165, 1.54) is 10.9 Å². The van der Waals surface area contributed by atoms with Crippen LogP contribution in [0.1, 0.15) is 33.8 Å². The standard InChI is InChI=1S/C15H16FNO2S/c1-10(13-7-4-8-20-13)17(2)9-11-5-3-6-12(14(11)16)15(18)19/h3-8,10H,9H2,1-2H3,(H,18,19). The first kappa shape index (κ1) is 14.7. The molecule has 0 saturated heterocycles. The monoisotopic (exact) mass is 293 g/mol. The summed E-state index contributed by atoms with van der Waals surface area (Å²) in [6, 6.07) is 8.66. The molecular weight excluding hydrogens is 277 g/mol. The molecule has 20 heavy (non-hydrogen) atoms. The van der Waals surface area contributed by atoms with Gasteiger partial charge >= 0.3 is 5.97 Å². The lowest BCUT2D eigenvalue weighted by molar-refractivity contribution is 0.0691. The molecule has 0 aliphatic rings. The molecule has 0 aliphatic heterocycles. The minimum Gasteiger partial charge on any atom is -0.478 e. The number of carboxylic acid groups (broad SMARTS) is 1. The third kappa shape index (κ3) is 3.05. The maximum absolute atomic E-state index is 14.1. The summed E-state index contributed by atoms with van der Waals surface area (Å²) < 4.78 is 14.1. The van der Waals surface area contributed by atoms with Gasteiger partial charge in [0.15, 0.2) is 0 Å². The van der Waals surface area contributed by atoms with E-state index in [9.17, 15) is 9.18 Å². The average Bonchev–Trinajstić information content (AvgIpc) is 2.93. The van der Waals surface area contributed by atoms with Crippen LogP contribution in [0.3, 0.4) is 0 Å². The van der Waals surface area contributed by atoms with Gasteiger partial charge in [0.2, 0.25) is 0 Å². The molecule has 1 aromatic carbocycles. The lowest BCUT2D eigenvalue weighted by atomic mass is 10.1. The highest BCUT2D eigenvalue weighted by molar-refractivity contribution is 7.10. The molecule has 106 valence electrons. The Hall–Kier alpha value is -1.72. The van der Waals surface area contributed by atoms with Crippen molar-refractivity contribution in [2.75, 3.05) is 7.05 Å². The number of aromatic carboxylic acids is 1. The number of rotatable bonds is 5. The minimum atomic E-state index is -1.24. The van der Waals surface area contributed by atoms with Gasteiger partial charge in [-0.1, -0.05) is 18.2 Å². The van der Waals surface area contributed by atoms with Crippen LogP contribution in [0.2, 0.25) is 0 Å². The molecule has 1 unspecified atom stereocenters. The molecule has 0 spiro atoms. The molecule has 3 nitrogen and oxygen atoms in total. The summed E-state index contributed by atoms with van der Waals surface area (Å²) >= 11 is 1.65. The fourth-order valence-electron chi connectivity index (χ4n) is 2.02. The maximum atomic E-state index is 14.1. The van der Waals surface area contributed by atoms with Crippen molar-refractivity contribution in [2.24, 2.45) is 0 Å². The molecule has 2 aromatic rings. The zero-order valence-electron chi connectivity index (χ0n) is 11.3. The largest absolute Gasteiger partial charge is 0.478 e. The lowest BCUT2D eigenvalue weighted by Gasteiger charge is -2.24. The molecule has 0 saturated carbocycles. The van der Waals surface area contributed by atoms with Crippen LogP contribution >= 0.6 is 11.3 Å². The van der Waals surface area contributed by atoms with Crippen LogP contribution in [0.15, 0.2) is 35.7 Å². The molecular formula is C15H16FNO2S. The Morgan fingerprint density at radius 2 is 2.15 bits per heavy atom. The molecule has 1 atom stereocenters. The second-order valence-corrected chi connectivity index (χ2v) is 5.67. The van der Waals surface area contributed by atoms with Gasteiger partial charge in [-0.15, -0.1) is 11.3 Å². The van der Waals surface area contributed by atoms with Gasteiger partial charge in [-0.25, -0.2) is 9.18 Å². The molecule has 5 heteroatoms. The second kappa shape index (κ2) is 6.15. The number of carboxylic acids is 1. The van der Waals surface area contributed by atoms with Crippen LogP contribution in [0, 0.1) is 5.82 Å². The van der Waals surface area contributed by atoms with E-state index in [-0.39, 0.29) is 11.6 Å². The van der Waals surface area contributed by atoms with E-state index in [2.05, 4.69) is 0 Å². The Labute approximate surface area is 121 Å². The van der Waals surface area contributed by atoms with Crippen LogP contribution in [0.25, 0.3) is 0 Å². The Bertz CT molecular complexity index is 598. The summed E-state index contributed by atoms with van der Waals surface area (Å²) in [5.41, 5.74) is 0.121. The molecule has 2 rings (SSSR count). The molecule has 1 aromatic heterocycles. The maximum Gasteiger partial charge on any atom is 0.338 e. The fraction of sp³-hybridized carbons (Fsp3) is 0.267. The SMILES string of the molecule is CC(c1cccs1)N(C)Cc1cccc(C(=O)O)c1F. The summed E-state index contributed by atoms with van der Waals surface area (Å²) in [6.45, 7) is 2.41. The van der Waals surface area contributed by atoms with Crippen LogP contribution in [-0.4, -0.2) is 23.0 Å². The van der Waals surface area contributed by atoms with Crippen LogP contribution < -0.4 is 0 Å².